The van der Waals surface area contributed by atoms with Crippen LogP contribution in [0.4, 0.5) is 0 Å². The number of nitrogens with zero attached hydrogens (tertiary/aromatic N) is 1. The second kappa shape index (κ2) is 10.8. The summed E-state index contributed by atoms with van der Waals surface area (Å²) in [7, 11) is 0. The number of benzene rings is 1. The molecule has 2 rings (SSSR count). The van der Waals surface area contributed by atoms with Crippen molar-refractivity contribution in [3.05, 3.63) is 35.4 Å². The van der Waals surface area contributed by atoms with Crippen LogP contribution >= 0.6 is 0 Å². The van der Waals surface area contributed by atoms with Crippen LogP contribution in [0.3, 0.4) is 0 Å². The summed E-state index contributed by atoms with van der Waals surface area (Å²) in [5, 5.41) is 5.64. The van der Waals surface area contributed by atoms with E-state index in [1.54, 1.807) is 12.1 Å². The van der Waals surface area contributed by atoms with E-state index in [1.807, 2.05) is 37.8 Å². The highest BCUT2D eigenvalue weighted by atomic mass is 16.2. The fraction of sp³-hybridized carbons (Fsp3) is 0.591. The molecule has 6 nitrogen and oxygen atoms in total. The number of carbonyl (C=O) groups is 3. The van der Waals surface area contributed by atoms with Crippen molar-refractivity contribution in [3.63, 3.8) is 0 Å². The first-order valence-corrected chi connectivity index (χ1v) is 10.3. The number of hydrogen-bond acceptors (Lipinski definition) is 3. The summed E-state index contributed by atoms with van der Waals surface area (Å²) in [5.74, 6) is -0.486. The van der Waals surface area contributed by atoms with Crippen molar-refractivity contribution in [3.8, 4) is 0 Å². The summed E-state index contributed by atoms with van der Waals surface area (Å²) in [5.41, 5.74) is 1.53. The molecule has 0 spiro atoms. The lowest BCUT2D eigenvalue weighted by Gasteiger charge is -2.23. The Balaban J connectivity index is 1.85. The van der Waals surface area contributed by atoms with Crippen molar-refractivity contribution < 1.29 is 14.4 Å². The Kier molecular flexibility index (Phi) is 8.48. The molecule has 1 saturated heterocycles. The summed E-state index contributed by atoms with van der Waals surface area (Å²) in [4.78, 5) is 39.3. The fourth-order valence-corrected chi connectivity index (χ4v) is 3.43. The van der Waals surface area contributed by atoms with E-state index in [4.69, 9.17) is 0 Å². The molecule has 2 N–H and O–H groups in total. The zero-order chi connectivity index (χ0) is 20.5. The van der Waals surface area contributed by atoms with Crippen molar-refractivity contribution >= 4 is 17.7 Å². The average Bonchev–Trinajstić information content (AvgIpc) is 2.95. The number of nitrogens with one attached hydrogen (secondary N) is 2. The van der Waals surface area contributed by atoms with Gasteiger partial charge in [-0.05, 0) is 37.8 Å². The van der Waals surface area contributed by atoms with E-state index >= 15 is 0 Å². The molecular formula is C22H33N3O3. The van der Waals surface area contributed by atoms with Gasteiger partial charge in [0.05, 0.1) is 0 Å². The molecule has 3 amide bonds. The van der Waals surface area contributed by atoms with Crippen molar-refractivity contribution in [2.75, 3.05) is 19.6 Å². The van der Waals surface area contributed by atoms with Gasteiger partial charge in [0.25, 0.3) is 5.91 Å². The molecule has 1 aromatic carbocycles. The molecule has 0 aliphatic carbocycles. The van der Waals surface area contributed by atoms with Crippen molar-refractivity contribution in [1.29, 1.82) is 0 Å². The van der Waals surface area contributed by atoms with Crippen molar-refractivity contribution in [2.45, 2.75) is 58.9 Å². The van der Waals surface area contributed by atoms with Gasteiger partial charge in [-0.25, -0.2) is 0 Å². The van der Waals surface area contributed by atoms with Crippen LogP contribution in [0.5, 0.6) is 0 Å². The maximum atomic E-state index is 12.6. The van der Waals surface area contributed by atoms with Crippen LogP contribution in [0, 0.1) is 12.8 Å². The maximum Gasteiger partial charge on any atom is 0.251 e. The Hall–Kier alpha value is -2.37. The lowest BCUT2D eigenvalue weighted by molar-refractivity contribution is -0.131. The van der Waals surface area contributed by atoms with Gasteiger partial charge in [-0.3, -0.25) is 14.4 Å². The predicted octanol–water partition coefficient (Wildman–Crippen LogP) is 2.66. The van der Waals surface area contributed by atoms with Gasteiger partial charge in [0.15, 0.2) is 0 Å². The number of aryl methyl sites for hydroxylation is 1. The molecule has 0 bridgehead atoms. The van der Waals surface area contributed by atoms with E-state index in [2.05, 4.69) is 10.6 Å². The largest absolute Gasteiger partial charge is 0.354 e. The number of carbonyl (C=O) groups excluding carboxylic acids is 3. The highest BCUT2D eigenvalue weighted by Gasteiger charge is 2.25. The summed E-state index contributed by atoms with van der Waals surface area (Å²) in [6.45, 7) is 7.62. The van der Waals surface area contributed by atoms with Gasteiger partial charge in [0, 0.05) is 31.6 Å². The molecule has 1 unspecified atom stereocenters. The quantitative estimate of drug-likeness (QED) is 0.755. The lowest BCUT2D eigenvalue weighted by Crippen LogP contribution is -2.50. The van der Waals surface area contributed by atoms with Gasteiger partial charge in [0.2, 0.25) is 11.8 Å². The van der Waals surface area contributed by atoms with Crippen LogP contribution in [0.1, 0.15) is 61.9 Å². The molecule has 1 fully saturated rings. The third-order valence-electron chi connectivity index (χ3n) is 5.11. The third kappa shape index (κ3) is 6.66. The molecule has 28 heavy (non-hydrogen) atoms. The Morgan fingerprint density at radius 2 is 1.75 bits per heavy atom. The lowest BCUT2D eigenvalue weighted by atomic mass is 10.0. The highest BCUT2D eigenvalue weighted by Crippen LogP contribution is 2.11. The van der Waals surface area contributed by atoms with Crippen molar-refractivity contribution in [1.82, 2.24) is 15.5 Å². The predicted molar refractivity (Wildman–Crippen MR) is 110 cm³/mol. The van der Waals surface area contributed by atoms with Gasteiger partial charge < -0.3 is 15.5 Å². The first-order valence-electron chi connectivity index (χ1n) is 10.3. The Morgan fingerprint density at radius 1 is 1.07 bits per heavy atom. The minimum Gasteiger partial charge on any atom is -0.354 e. The SMILES string of the molecule is Cc1cccc(C(=O)NC(C(=O)NCCC(=O)N2CCCCCC2)C(C)C)c1. The van der Waals surface area contributed by atoms with Gasteiger partial charge in [-0.1, -0.05) is 44.4 Å². The summed E-state index contributed by atoms with van der Waals surface area (Å²) in [6, 6.07) is 6.64. The van der Waals surface area contributed by atoms with Crippen molar-refractivity contribution in [2.24, 2.45) is 5.92 Å². The number of hydrogen-bond donors (Lipinski definition) is 2. The molecule has 1 aromatic rings. The molecule has 1 aliphatic rings. The molecule has 1 heterocycles. The monoisotopic (exact) mass is 387 g/mol. The van der Waals surface area contributed by atoms with E-state index in [0.717, 1.165) is 31.5 Å². The second-order valence-electron chi connectivity index (χ2n) is 7.90. The molecule has 0 radical (unpaired) electrons. The van der Waals surface area contributed by atoms with Crippen LogP contribution in [-0.2, 0) is 9.59 Å². The normalized spacial score (nSPS) is 15.6. The number of likely N-dealkylation sites (tertiary alicyclic amines) is 1. The van der Waals surface area contributed by atoms with Crippen LogP contribution in [0.15, 0.2) is 24.3 Å². The molecule has 0 saturated carbocycles. The Morgan fingerprint density at radius 3 is 2.36 bits per heavy atom. The molecule has 1 atom stereocenters. The third-order valence-corrected chi connectivity index (χ3v) is 5.11. The summed E-state index contributed by atoms with van der Waals surface area (Å²) >= 11 is 0. The zero-order valence-electron chi connectivity index (χ0n) is 17.3. The molecule has 0 aromatic heterocycles. The number of amides is 3. The summed E-state index contributed by atoms with van der Waals surface area (Å²) in [6.07, 6.45) is 4.76. The maximum absolute atomic E-state index is 12.6. The molecule has 154 valence electrons. The van der Waals surface area contributed by atoms with E-state index in [0.29, 0.717) is 12.0 Å². The van der Waals surface area contributed by atoms with Gasteiger partial charge >= 0.3 is 0 Å². The van der Waals surface area contributed by atoms with E-state index in [-0.39, 0.29) is 30.2 Å². The zero-order valence-corrected chi connectivity index (χ0v) is 17.3. The smallest absolute Gasteiger partial charge is 0.251 e. The average molecular weight is 388 g/mol. The molecule has 6 heteroatoms. The second-order valence-corrected chi connectivity index (χ2v) is 7.90. The van der Waals surface area contributed by atoms with Gasteiger partial charge in [-0.15, -0.1) is 0 Å². The van der Waals surface area contributed by atoms with Crippen LogP contribution in [0.2, 0.25) is 0 Å². The Bertz CT molecular complexity index is 679. The van der Waals surface area contributed by atoms with Crippen LogP contribution in [-0.4, -0.2) is 48.3 Å². The fourth-order valence-electron chi connectivity index (χ4n) is 3.43. The van der Waals surface area contributed by atoms with Gasteiger partial charge in [0.1, 0.15) is 6.04 Å². The Labute approximate surface area is 168 Å². The van der Waals surface area contributed by atoms with E-state index in [9.17, 15) is 14.4 Å². The van der Waals surface area contributed by atoms with E-state index in [1.165, 1.54) is 12.8 Å². The molecule has 1 aliphatic heterocycles. The van der Waals surface area contributed by atoms with E-state index < -0.39 is 6.04 Å². The first kappa shape index (κ1) is 21.9. The minimum atomic E-state index is -0.638. The minimum absolute atomic E-state index is 0.0601. The van der Waals surface area contributed by atoms with Crippen LogP contribution < -0.4 is 10.6 Å². The molecular weight excluding hydrogens is 354 g/mol. The van der Waals surface area contributed by atoms with Gasteiger partial charge in [-0.2, -0.15) is 0 Å². The standard InChI is InChI=1S/C22H33N3O3/c1-16(2)20(24-21(27)18-10-8-9-17(3)15-18)22(28)23-12-11-19(26)25-13-6-4-5-7-14-25/h8-10,15-16,20H,4-7,11-14H2,1-3H3,(H,23,28)(H,24,27). The topological polar surface area (TPSA) is 78.5 Å². The highest BCUT2D eigenvalue weighted by molar-refractivity contribution is 5.97. The van der Waals surface area contributed by atoms with Crippen LogP contribution in [0.25, 0.3) is 0 Å². The number of rotatable bonds is 7. The first-order chi connectivity index (χ1) is 13.4. The summed E-state index contributed by atoms with van der Waals surface area (Å²) < 4.78 is 0.